The molecule has 0 unspecified atom stereocenters. The molecule has 0 aromatic heterocycles. The molecule has 3 nitrogen and oxygen atoms in total. The van der Waals surface area contributed by atoms with E-state index < -0.39 is 0 Å². The van der Waals surface area contributed by atoms with Gasteiger partial charge in [0.1, 0.15) is 0 Å². The van der Waals surface area contributed by atoms with Crippen LogP contribution in [0.3, 0.4) is 0 Å². The van der Waals surface area contributed by atoms with Gasteiger partial charge in [-0.15, -0.1) is 0 Å². The molecular formula is C19H26O3. The number of aryl methyl sites for hydroxylation is 1. The molecule has 1 aromatic carbocycles. The Morgan fingerprint density at radius 1 is 1.18 bits per heavy atom. The van der Waals surface area contributed by atoms with Gasteiger partial charge in [0.2, 0.25) is 0 Å². The van der Waals surface area contributed by atoms with Crippen LogP contribution < -0.4 is 4.74 Å². The molecule has 0 saturated heterocycles. The Morgan fingerprint density at radius 3 is 2.77 bits per heavy atom. The number of methoxy groups -OCH3 is 1. The molecule has 0 aliphatic heterocycles. The monoisotopic (exact) mass is 302 g/mol. The molecule has 2 N–H and O–H groups in total. The lowest BCUT2D eigenvalue weighted by Crippen LogP contribution is -2.43. The van der Waals surface area contributed by atoms with Gasteiger partial charge < -0.3 is 14.9 Å². The van der Waals surface area contributed by atoms with Crippen LogP contribution in [0.25, 0.3) is 0 Å². The van der Waals surface area contributed by atoms with Crippen molar-refractivity contribution in [2.75, 3.05) is 7.11 Å². The molecule has 3 aliphatic rings. The van der Waals surface area contributed by atoms with Crippen LogP contribution in [0.5, 0.6) is 11.5 Å². The largest absolute Gasteiger partial charge is 0.504 e. The third-order valence-corrected chi connectivity index (χ3v) is 6.97. The number of hydrogen-bond donors (Lipinski definition) is 2. The first-order valence-electron chi connectivity index (χ1n) is 8.62. The molecule has 0 bridgehead atoms. The quantitative estimate of drug-likeness (QED) is 0.833. The molecule has 0 amide bonds. The first-order valence-corrected chi connectivity index (χ1v) is 8.62. The molecule has 22 heavy (non-hydrogen) atoms. The summed E-state index contributed by atoms with van der Waals surface area (Å²) in [6, 6.07) is 3.97. The number of ether oxygens (including phenoxy) is 1. The number of aliphatic hydroxyl groups excluding tert-OH is 1. The summed E-state index contributed by atoms with van der Waals surface area (Å²) in [5.41, 5.74) is 2.80. The lowest BCUT2D eigenvalue weighted by molar-refractivity contribution is -0.0226. The minimum Gasteiger partial charge on any atom is -0.504 e. The first kappa shape index (κ1) is 14.4. The highest BCUT2D eigenvalue weighted by molar-refractivity contribution is 5.49. The van der Waals surface area contributed by atoms with Gasteiger partial charge in [0, 0.05) is 0 Å². The second kappa shape index (κ2) is 4.89. The van der Waals surface area contributed by atoms with E-state index in [0.717, 1.165) is 25.7 Å². The smallest absolute Gasteiger partial charge is 0.160 e. The van der Waals surface area contributed by atoms with Gasteiger partial charge in [-0.2, -0.15) is 0 Å². The molecule has 5 atom stereocenters. The van der Waals surface area contributed by atoms with Crippen LogP contribution in [0.2, 0.25) is 0 Å². The maximum absolute atomic E-state index is 10.4. The molecule has 120 valence electrons. The molecule has 0 radical (unpaired) electrons. The van der Waals surface area contributed by atoms with Gasteiger partial charge in [-0.25, -0.2) is 0 Å². The van der Waals surface area contributed by atoms with Gasteiger partial charge in [0.15, 0.2) is 11.5 Å². The van der Waals surface area contributed by atoms with Crippen LogP contribution in [0.1, 0.15) is 56.1 Å². The van der Waals surface area contributed by atoms with Gasteiger partial charge in [0.05, 0.1) is 13.2 Å². The van der Waals surface area contributed by atoms with E-state index in [1.165, 1.54) is 24.0 Å². The first-order chi connectivity index (χ1) is 10.5. The minimum atomic E-state index is -0.116. The molecule has 3 heteroatoms. The van der Waals surface area contributed by atoms with Crippen molar-refractivity contribution in [3.63, 3.8) is 0 Å². The van der Waals surface area contributed by atoms with Crippen LogP contribution in [-0.2, 0) is 6.42 Å². The summed E-state index contributed by atoms with van der Waals surface area (Å²) in [6.45, 7) is 2.30. The highest BCUT2D eigenvalue weighted by Gasteiger charge is 2.54. The number of fused-ring (bicyclic) bond motifs is 5. The Morgan fingerprint density at radius 2 is 2.00 bits per heavy atom. The van der Waals surface area contributed by atoms with Gasteiger partial charge in [-0.1, -0.05) is 6.92 Å². The number of hydrogen-bond acceptors (Lipinski definition) is 3. The van der Waals surface area contributed by atoms with E-state index in [1.54, 1.807) is 7.11 Å². The Balaban J connectivity index is 1.72. The third kappa shape index (κ3) is 1.84. The van der Waals surface area contributed by atoms with Gasteiger partial charge in [0.25, 0.3) is 0 Å². The number of benzene rings is 1. The number of phenols is 1. The van der Waals surface area contributed by atoms with Crippen molar-refractivity contribution in [1.29, 1.82) is 0 Å². The van der Waals surface area contributed by atoms with Gasteiger partial charge in [-0.3, -0.25) is 0 Å². The maximum atomic E-state index is 10.4. The summed E-state index contributed by atoms with van der Waals surface area (Å²) in [4.78, 5) is 0. The van der Waals surface area contributed by atoms with Crippen LogP contribution in [0.15, 0.2) is 12.1 Å². The zero-order chi connectivity index (χ0) is 15.5. The van der Waals surface area contributed by atoms with E-state index in [-0.39, 0.29) is 17.3 Å². The normalized spacial score (nSPS) is 39.8. The zero-order valence-electron chi connectivity index (χ0n) is 13.5. The fourth-order valence-electron chi connectivity index (χ4n) is 5.72. The Bertz CT molecular complexity index is 597. The highest BCUT2D eigenvalue weighted by atomic mass is 16.5. The van der Waals surface area contributed by atoms with E-state index in [4.69, 9.17) is 4.74 Å². The van der Waals surface area contributed by atoms with Crippen molar-refractivity contribution in [2.24, 2.45) is 17.3 Å². The van der Waals surface area contributed by atoms with E-state index in [9.17, 15) is 10.2 Å². The summed E-state index contributed by atoms with van der Waals surface area (Å²) in [6.07, 6.45) is 6.51. The number of aromatic hydroxyl groups is 1. The van der Waals surface area contributed by atoms with Crippen molar-refractivity contribution in [3.05, 3.63) is 23.3 Å². The van der Waals surface area contributed by atoms with Crippen molar-refractivity contribution in [2.45, 2.75) is 57.5 Å². The number of phenolic OH excluding ortho intramolecular Hbond substituents is 1. The van der Waals surface area contributed by atoms with Gasteiger partial charge in [-0.05, 0) is 85.0 Å². The molecule has 3 aliphatic carbocycles. The topological polar surface area (TPSA) is 49.7 Å². The highest BCUT2D eigenvalue weighted by Crippen LogP contribution is 2.61. The molecular weight excluding hydrogens is 276 g/mol. The lowest BCUT2D eigenvalue weighted by Gasteiger charge is -2.50. The summed E-state index contributed by atoms with van der Waals surface area (Å²) < 4.78 is 5.32. The standard InChI is InChI=1S/C19H26O3/c1-19-8-7-12-13(15(19)5-6-18(19)21)4-3-11-9-16(20)17(22-2)10-14(11)12/h9-10,12-13,15,18,20-21H,3-8H2,1-2H3/t12-,13+,15+,18-,19-/m0/s1. The van der Waals surface area contributed by atoms with Crippen LogP contribution >= 0.6 is 0 Å². The van der Waals surface area contributed by atoms with Crippen molar-refractivity contribution < 1.29 is 14.9 Å². The molecule has 0 spiro atoms. The number of rotatable bonds is 1. The van der Waals surface area contributed by atoms with Crippen molar-refractivity contribution in [1.82, 2.24) is 0 Å². The Labute approximate surface area is 132 Å². The summed E-state index contributed by atoms with van der Waals surface area (Å²) in [7, 11) is 1.62. The van der Waals surface area contributed by atoms with E-state index in [0.29, 0.717) is 23.5 Å². The second-order valence-electron chi connectivity index (χ2n) is 7.78. The average molecular weight is 302 g/mol. The summed E-state index contributed by atoms with van der Waals surface area (Å²) in [5, 5.41) is 20.5. The molecule has 2 saturated carbocycles. The zero-order valence-corrected chi connectivity index (χ0v) is 13.5. The third-order valence-electron chi connectivity index (χ3n) is 6.97. The Hall–Kier alpha value is -1.22. The minimum absolute atomic E-state index is 0.116. The predicted octanol–water partition coefficient (Wildman–Crippen LogP) is 3.62. The van der Waals surface area contributed by atoms with Crippen LogP contribution in [-0.4, -0.2) is 23.4 Å². The number of aliphatic hydroxyl groups is 1. The summed E-state index contributed by atoms with van der Waals surface area (Å²) >= 11 is 0. The fourth-order valence-corrected chi connectivity index (χ4v) is 5.72. The Kier molecular flexibility index (Phi) is 3.19. The molecule has 0 heterocycles. The average Bonchev–Trinajstić information content (AvgIpc) is 2.82. The van der Waals surface area contributed by atoms with E-state index in [1.807, 2.05) is 6.07 Å². The van der Waals surface area contributed by atoms with Gasteiger partial charge >= 0.3 is 0 Å². The van der Waals surface area contributed by atoms with Crippen molar-refractivity contribution in [3.8, 4) is 11.5 Å². The summed E-state index contributed by atoms with van der Waals surface area (Å²) in [5.74, 6) is 2.75. The van der Waals surface area contributed by atoms with E-state index >= 15 is 0 Å². The predicted molar refractivity (Wildman–Crippen MR) is 85.3 cm³/mol. The second-order valence-corrected chi connectivity index (χ2v) is 7.78. The fraction of sp³-hybridized carbons (Fsp3) is 0.684. The molecule has 1 aromatic rings. The van der Waals surface area contributed by atoms with Crippen molar-refractivity contribution >= 4 is 0 Å². The lowest BCUT2D eigenvalue weighted by atomic mass is 9.55. The molecule has 4 rings (SSSR count). The van der Waals surface area contributed by atoms with Crippen LogP contribution in [0, 0.1) is 17.3 Å². The maximum Gasteiger partial charge on any atom is 0.160 e. The van der Waals surface area contributed by atoms with Crippen LogP contribution in [0.4, 0.5) is 0 Å². The van der Waals surface area contributed by atoms with E-state index in [2.05, 4.69) is 13.0 Å². The SMILES string of the molecule is COc1cc2c(cc1O)CC[C@@H]1[C@@H]2CC[C@@]2(C)[C@@H]1CC[C@@H]2O. The molecule has 2 fully saturated rings.